The molecule has 0 saturated carbocycles. The van der Waals surface area contributed by atoms with Gasteiger partial charge in [-0.2, -0.15) is 0 Å². The summed E-state index contributed by atoms with van der Waals surface area (Å²) >= 11 is 1.52. The summed E-state index contributed by atoms with van der Waals surface area (Å²) in [5.74, 6) is 0.679. The Bertz CT molecular complexity index is 1240. The van der Waals surface area contributed by atoms with Gasteiger partial charge < -0.3 is 10.3 Å². The van der Waals surface area contributed by atoms with Crippen molar-refractivity contribution in [1.29, 1.82) is 0 Å². The third-order valence-corrected chi connectivity index (χ3v) is 6.90. The zero-order valence-electron chi connectivity index (χ0n) is 17.1. The van der Waals surface area contributed by atoms with E-state index in [9.17, 15) is 4.79 Å². The third kappa shape index (κ3) is 3.71. The summed E-state index contributed by atoms with van der Waals surface area (Å²) < 4.78 is 0. The summed E-state index contributed by atoms with van der Waals surface area (Å²) in [6.45, 7) is 2.70. The molecule has 0 amide bonds. The molecule has 1 atom stereocenters. The average Bonchev–Trinajstić information content (AvgIpc) is 3.22. The number of hydrogen-bond donors (Lipinski definition) is 2. The fraction of sp³-hybridized carbons (Fsp3) is 0.280. The summed E-state index contributed by atoms with van der Waals surface area (Å²) in [5.41, 5.74) is 6.21. The molecule has 0 radical (unpaired) electrons. The van der Waals surface area contributed by atoms with Crippen molar-refractivity contribution in [2.45, 2.75) is 45.2 Å². The van der Waals surface area contributed by atoms with Crippen LogP contribution in [0.1, 0.15) is 48.3 Å². The molecule has 5 heteroatoms. The van der Waals surface area contributed by atoms with Crippen molar-refractivity contribution >= 4 is 21.6 Å². The van der Waals surface area contributed by atoms with Crippen molar-refractivity contribution in [2.75, 3.05) is 0 Å². The number of hydrogen-bond acceptors (Lipinski definition) is 4. The fourth-order valence-corrected chi connectivity index (χ4v) is 5.26. The van der Waals surface area contributed by atoms with Gasteiger partial charge in [-0.1, -0.05) is 48.5 Å². The number of aromatic nitrogens is 2. The van der Waals surface area contributed by atoms with Crippen LogP contribution in [0.4, 0.5) is 0 Å². The van der Waals surface area contributed by atoms with E-state index in [1.54, 1.807) is 0 Å². The monoisotopic (exact) mass is 415 g/mol. The summed E-state index contributed by atoms with van der Waals surface area (Å²) in [5, 5.41) is 6.23. The van der Waals surface area contributed by atoms with Crippen LogP contribution in [0.2, 0.25) is 0 Å². The number of thiophene rings is 1. The molecule has 4 aromatic rings. The molecule has 1 aliphatic carbocycles. The molecule has 0 spiro atoms. The molecule has 2 heterocycles. The molecular formula is C25H25N3OS. The number of nitrogens with one attached hydrogen (secondary N) is 2. The van der Waals surface area contributed by atoms with Crippen molar-refractivity contribution in [3.63, 3.8) is 0 Å². The lowest BCUT2D eigenvalue weighted by molar-refractivity contribution is 0.558. The van der Waals surface area contributed by atoms with Gasteiger partial charge in [0.05, 0.1) is 11.9 Å². The fourth-order valence-electron chi connectivity index (χ4n) is 4.30. The van der Waals surface area contributed by atoms with Crippen LogP contribution in [0.5, 0.6) is 0 Å². The zero-order valence-corrected chi connectivity index (χ0v) is 17.9. The van der Waals surface area contributed by atoms with Gasteiger partial charge in [-0.25, -0.2) is 4.98 Å². The van der Waals surface area contributed by atoms with E-state index in [0.717, 1.165) is 16.0 Å². The van der Waals surface area contributed by atoms with E-state index >= 15 is 0 Å². The topological polar surface area (TPSA) is 57.8 Å². The van der Waals surface area contributed by atoms with Crippen molar-refractivity contribution in [2.24, 2.45) is 0 Å². The van der Waals surface area contributed by atoms with Crippen LogP contribution < -0.4 is 10.9 Å². The number of H-pyrrole nitrogens is 1. The number of aryl methyl sites for hydroxylation is 2. The Labute approximate surface area is 180 Å². The highest BCUT2D eigenvalue weighted by molar-refractivity contribution is 7.17. The standard InChI is InChI=1S/C25H25N3OS/c1-16(19-12-11-17-7-5-6-10-20(17)13-19)26-14-22-27-24(29)23-21(15-30-25(23)28-22)18-8-3-2-4-9-18/h2-4,8-9,11-13,15-16,26H,5-7,10,14H2,1H3,(H,27,28,29). The van der Waals surface area contributed by atoms with Crippen LogP contribution in [-0.2, 0) is 19.4 Å². The van der Waals surface area contributed by atoms with Gasteiger partial charge in [-0.05, 0) is 54.9 Å². The Morgan fingerprint density at radius 3 is 2.73 bits per heavy atom. The number of aromatic amines is 1. The minimum atomic E-state index is -0.0710. The summed E-state index contributed by atoms with van der Waals surface area (Å²) in [6, 6.07) is 17.1. The van der Waals surface area contributed by atoms with E-state index in [-0.39, 0.29) is 11.6 Å². The lowest BCUT2D eigenvalue weighted by Crippen LogP contribution is -2.22. The van der Waals surface area contributed by atoms with Gasteiger partial charge in [-0.15, -0.1) is 11.3 Å². The molecule has 5 rings (SSSR count). The smallest absolute Gasteiger partial charge is 0.260 e. The van der Waals surface area contributed by atoms with E-state index < -0.39 is 0 Å². The van der Waals surface area contributed by atoms with Crippen LogP contribution in [0.3, 0.4) is 0 Å². The Balaban J connectivity index is 1.35. The second-order valence-electron chi connectivity index (χ2n) is 8.05. The molecule has 0 fully saturated rings. The first-order valence-electron chi connectivity index (χ1n) is 10.6. The van der Waals surface area contributed by atoms with Gasteiger partial charge >= 0.3 is 0 Å². The second kappa shape index (κ2) is 8.17. The third-order valence-electron chi connectivity index (χ3n) is 6.03. The normalized spacial score (nSPS) is 14.6. The van der Waals surface area contributed by atoms with Crippen LogP contribution in [0, 0.1) is 0 Å². The van der Waals surface area contributed by atoms with Gasteiger partial charge in [0.15, 0.2) is 0 Å². The van der Waals surface area contributed by atoms with E-state index in [1.165, 1.54) is 53.7 Å². The predicted molar refractivity (Wildman–Crippen MR) is 124 cm³/mol. The maximum Gasteiger partial charge on any atom is 0.260 e. The van der Waals surface area contributed by atoms with Crippen LogP contribution >= 0.6 is 11.3 Å². The molecule has 4 nitrogen and oxygen atoms in total. The number of fused-ring (bicyclic) bond motifs is 2. The molecule has 0 bridgehead atoms. The maximum absolute atomic E-state index is 12.8. The van der Waals surface area contributed by atoms with Crippen LogP contribution in [0.15, 0.2) is 58.7 Å². The number of nitrogens with zero attached hydrogens (tertiary/aromatic N) is 1. The molecule has 1 aliphatic rings. The summed E-state index contributed by atoms with van der Waals surface area (Å²) in [4.78, 5) is 21.3. The first-order valence-corrected chi connectivity index (χ1v) is 11.5. The van der Waals surface area contributed by atoms with Crippen LogP contribution in [-0.4, -0.2) is 9.97 Å². The van der Waals surface area contributed by atoms with E-state index in [4.69, 9.17) is 4.98 Å². The quantitative estimate of drug-likeness (QED) is 0.460. The zero-order chi connectivity index (χ0) is 20.5. The Morgan fingerprint density at radius 1 is 1.10 bits per heavy atom. The van der Waals surface area contributed by atoms with Crippen molar-refractivity contribution in [1.82, 2.24) is 15.3 Å². The van der Waals surface area contributed by atoms with Gasteiger partial charge in [-0.3, -0.25) is 4.79 Å². The second-order valence-corrected chi connectivity index (χ2v) is 8.90. The van der Waals surface area contributed by atoms with Crippen LogP contribution in [0.25, 0.3) is 21.3 Å². The molecule has 2 aromatic carbocycles. The minimum Gasteiger partial charge on any atom is -0.309 e. The van der Waals surface area contributed by atoms with E-state index in [1.807, 2.05) is 35.7 Å². The first kappa shape index (κ1) is 19.2. The highest BCUT2D eigenvalue weighted by Crippen LogP contribution is 2.30. The molecule has 1 unspecified atom stereocenters. The van der Waals surface area contributed by atoms with Gasteiger partial charge in [0.2, 0.25) is 0 Å². The number of rotatable bonds is 5. The molecular weight excluding hydrogens is 390 g/mol. The van der Waals surface area contributed by atoms with Gasteiger partial charge in [0.1, 0.15) is 10.7 Å². The highest BCUT2D eigenvalue weighted by atomic mass is 32.1. The lowest BCUT2D eigenvalue weighted by Gasteiger charge is -2.20. The Hall–Kier alpha value is -2.76. The van der Waals surface area contributed by atoms with Gasteiger partial charge in [0, 0.05) is 17.0 Å². The largest absolute Gasteiger partial charge is 0.309 e. The molecule has 0 saturated heterocycles. The van der Waals surface area contributed by atoms with E-state index in [0.29, 0.717) is 17.8 Å². The predicted octanol–water partition coefficient (Wildman–Crippen LogP) is 5.38. The summed E-state index contributed by atoms with van der Waals surface area (Å²) in [6.07, 6.45) is 4.98. The van der Waals surface area contributed by atoms with Crippen molar-refractivity contribution in [3.8, 4) is 11.1 Å². The summed E-state index contributed by atoms with van der Waals surface area (Å²) in [7, 11) is 0. The molecule has 0 aliphatic heterocycles. The minimum absolute atomic E-state index is 0.0710. The first-order chi connectivity index (χ1) is 14.7. The van der Waals surface area contributed by atoms with Crippen molar-refractivity contribution in [3.05, 3.63) is 86.8 Å². The van der Waals surface area contributed by atoms with Crippen molar-refractivity contribution < 1.29 is 0 Å². The van der Waals surface area contributed by atoms with E-state index in [2.05, 4.69) is 35.4 Å². The SMILES string of the molecule is CC(NCc1nc2scc(-c3ccccc3)c2c(=O)[nH]1)c1ccc2c(c1)CCCC2. The lowest BCUT2D eigenvalue weighted by atomic mass is 9.89. The molecule has 152 valence electrons. The van der Waals surface area contributed by atoms with Gasteiger partial charge in [0.25, 0.3) is 5.56 Å². The average molecular weight is 416 g/mol. The number of benzene rings is 2. The maximum atomic E-state index is 12.8. The molecule has 30 heavy (non-hydrogen) atoms. The molecule has 2 aromatic heterocycles. The Morgan fingerprint density at radius 2 is 1.90 bits per heavy atom. The molecule has 2 N–H and O–H groups in total. The highest BCUT2D eigenvalue weighted by Gasteiger charge is 2.15. The Kier molecular flexibility index (Phi) is 5.23.